The number of amides is 2. The Morgan fingerprint density at radius 1 is 1.38 bits per heavy atom. The van der Waals surface area contributed by atoms with Crippen LogP contribution in [0.25, 0.3) is 6.08 Å². The van der Waals surface area contributed by atoms with Crippen LogP contribution in [-0.4, -0.2) is 42.4 Å². The number of anilines is 1. The Labute approximate surface area is 155 Å². The van der Waals surface area contributed by atoms with Gasteiger partial charge in [-0.15, -0.1) is 0 Å². The highest BCUT2D eigenvalue weighted by molar-refractivity contribution is 8.26. The Morgan fingerprint density at radius 2 is 2.12 bits per heavy atom. The van der Waals surface area contributed by atoms with Gasteiger partial charge in [0.25, 0.3) is 5.91 Å². The number of nitrogens with zero attached hydrogens (tertiary/aromatic N) is 4. The molecule has 24 heavy (non-hydrogen) atoms. The molecule has 0 aliphatic carbocycles. The van der Waals surface area contributed by atoms with E-state index in [1.807, 2.05) is 0 Å². The van der Waals surface area contributed by atoms with E-state index in [0.29, 0.717) is 14.2 Å². The normalized spacial score (nSPS) is 16.0. The number of nitrogens with one attached hydrogen (secondary N) is 1. The van der Waals surface area contributed by atoms with Crippen molar-refractivity contribution in [3.63, 3.8) is 0 Å². The van der Waals surface area contributed by atoms with E-state index >= 15 is 0 Å². The molecule has 2 aromatic rings. The predicted molar refractivity (Wildman–Crippen MR) is 97.7 cm³/mol. The van der Waals surface area contributed by atoms with Crippen LogP contribution < -0.4 is 5.32 Å². The minimum atomic E-state index is -0.419. The highest BCUT2D eigenvalue weighted by Gasteiger charge is 2.33. The van der Waals surface area contributed by atoms with Crippen molar-refractivity contribution in [3.05, 3.63) is 39.8 Å². The van der Waals surface area contributed by atoms with Gasteiger partial charge in [-0.25, -0.2) is 0 Å². The summed E-state index contributed by atoms with van der Waals surface area (Å²) >= 11 is 13.1. The molecule has 122 valence electrons. The first-order valence-electron chi connectivity index (χ1n) is 6.49. The number of thiocarbonyl (C=S) groups is 1. The molecule has 1 aromatic heterocycles. The standard InChI is InChI=1S/C13H8ClN5O2S3/c14-8-3-1-7(2-4-8)5-9-11(21)19(13(22)23-9)6-10(20)15-12-16-17-18-24-12/h1-5H,6H2,(H,15,16,18,20)/b9-5-. The minimum Gasteiger partial charge on any atom is -0.298 e. The van der Waals surface area contributed by atoms with Gasteiger partial charge in [0.05, 0.1) is 4.91 Å². The van der Waals surface area contributed by atoms with Crippen LogP contribution >= 0.6 is 47.1 Å². The van der Waals surface area contributed by atoms with Crippen molar-refractivity contribution in [1.82, 2.24) is 19.7 Å². The van der Waals surface area contributed by atoms with E-state index in [2.05, 4.69) is 20.1 Å². The molecule has 0 atom stereocenters. The number of carbonyl (C=O) groups is 2. The summed E-state index contributed by atoms with van der Waals surface area (Å²) in [5, 5.41) is 10.4. The van der Waals surface area contributed by atoms with Crippen LogP contribution in [0, 0.1) is 0 Å². The summed E-state index contributed by atoms with van der Waals surface area (Å²) < 4.78 is 3.86. The molecule has 0 radical (unpaired) electrons. The summed E-state index contributed by atoms with van der Waals surface area (Å²) in [5.74, 6) is -0.733. The molecule has 1 aliphatic rings. The van der Waals surface area contributed by atoms with Crippen LogP contribution in [-0.2, 0) is 9.59 Å². The van der Waals surface area contributed by atoms with Crippen molar-refractivity contribution < 1.29 is 9.59 Å². The second kappa shape index (κ2) is 7.34. The van der Waals surface area contributed by atoms with Crippen LogP contribution in [0.5, 0.6) is 0 Å². The number of aromatic nitrogens is 3. The Bertz CT molecular complexity index is 823. The second-order valence-corrected chi connectivity index (χ2v) is 7.38. The third-order valence-corrected chi connectivity index (χ3v) is 5.03. The molecule has 0 spiro atoms. The second-order valence-electron chi connectivity index (χ2n) is 4.54. The monoisotopic (exact) mass is 397 g/mol. The van der Waals surface area contributed by atoms with Gasteiger partial charge in [0, 0.05) is 16.6 Å². The lowest BCUT2D eigenvalue weighted by atomic mass is 10.2. The van der Waals surface area contributed by atoms with Crippen LogP contribution in [0.2, 0.25) is 5.02 Å². The number of hydrogen-bond acceptors (Lipinski definition) is 8. The van der Waals surface area contributed by atoms with E-state index in [-0.39, 0.29) is 17.6 Å². The zero-order chi connectivity index (χ0) is 17.1. The Kier molecular flexibility index (Phi) is 5.19. The number of benzene rings is 1. The van der Waals surface area contributed by atoms with Gasteiger partial charge in [0.2, 0.25) is 11.0 Å². The molecule has 2 heterocycles. The van der Waals surface area contributed by atoms with E-state index < -0.39 is 5.91 Å². The van der Waals surface area contributed by atoms with Crippen LogP contribution in [0.1, 0.15) is 5.56 Å². The molecule has 0 saturated carbocycles. The molecule has 0 unspecified atom stereocenters. The first-order valence-corrected chi connectivity index (χ1v) is 8.86. The molecule has 2 amide bonds. The molecule has 3 rings (SSSR count). The largest absolute Gasteiger partial charge is 0.298 e. The SMILES string of the molecule is O=C(CN1C(=O)/C(=C/c2ccc(Cl)cc2)SC1=S)Nc1nnns1. The molecule has 1 N–H and O–H groups in total. The summed E-state index contributed by atoms with van der Waals surface area (Å²) in [5.41, 5.74) is 0.823. The Morgan fingerprint density at radius 3 is 2.79 bits per heavy atom. The summed E-state index contributed by atoms with van der Waals surface area (Å²) in [6, 6.07) is 7.06. The fraction of sp³-hybridized carbons (Fsp3) is 0.0769. The molecular weight excluding hydrogens is 390 g/mol. The third kappa shape index (κ3) is 3.96. The molecule has 1 aliphatic heterocycles. The molecule has 0 bridgehead atoms. The van der Waals surface area contributed by atoms with E-state index in [1.165, 1.54) is 4.90 Å². The number of carbonyl (C=O) groups excluding carboxylic acids is 2. The Hall–Kier alpha value is -1.88. The zero-order valence-corrected chi connectivity index (χ0v) is 15.0. The maximum Gasteiger partial charge on any atom is 0.266 e. The van der Waals surface area contributed by atoms with Gasteiger partial charge in [0.15, 0.2) is 0 Å². The average molecular weight is 398 g/mol. The molecule has 7 nitrogen and oxygen atoms in total. The van der Waals surface area contributed by atoms with E-state index in [1.54, 1.807) is 30.3 Å². The minimum absolute atomic E-state index is 0.192. The highest BCUT2D eigenvalue weighted by atomic mass is 35.5. The third-order valence-electron chi connectivity index (χ3n) is 2.89. The quantitative estimate of drug-likeness (QED) is 0.626. The van der Waals surface area contributed by atoms with Crippen LogP contribution in [0.15, 0.2) is 29.2 Å². The molecule has 1 aromatic carbocycles. The van der Waals surface area contributed by atoms with Gasteiger partial charge in [-0.3, -0.25) is 19.8 Å². The lowest BCUT2D eigenvalue weighted by Gasteiger charge is -2.12. The summed E-state index contributed by atoms with van der Waals surface area (Å²) in [6.45, 7) is -0.192. The van der Waals surface area contributed by atoms with E-state index in [9.17, 15) is 9.59 Å². The van der Waals surface area contributed by atoms with Gasteiger partial charge >= 0.3 is 0 Å². The van der Waals surface area contributed by atoms with Crippen molar-refractivity contribution >= 4 is 74.5 Å². The molecular formula is C13H8ClN5O2S3. The zero-order valence-electron chi connectivity index (χ0n) is 11.8. The fourth-order valence-electron chi connectivity index (χ4n) is 1.83. The highest BCUT2D eigenvalue weighted by Crippen LogP contribution is 2.32. The molecule has 11 heteroatoms. The fourth-order valence-corrected chi connectivity index (χ4v) is 3.59. The van der Waals surface area contributed by atoms with Crippen molar-refractivity contribution in [2.45, 2.75) is 0 Å². The van der Waals surface area contributed by atoms with Gasteiger partial charge in [0.1, 0.15) is 10.9 Å². The lowest BCUT2D eigenvalue weighted by molar-refractivity contribution is -0.126. The van der Waals surface area contributed by atoms with Gasteiger partial charge < -0.3 is 0 Å². The maximum absolute atomic E-state index is 12.4. The summed E-state index contributed by atoms with van der Waals surface area (Å²) in [7, 11) is 0. The predicted octanol–water partition coefficient (Wildman–Crippen LogP) is 2.43. The van der Waals surface area contributed by atoms with Crippen molar-refractivity contribution in [2.24, 2.45) is 0 Å². The number of halogens is 1. The average Bonchev–Trinajstić information content (AvgIpc) is 3.14. The first-order chi connectivity index (χ1) is 11.5. The molecule has 1 saturated heterocycles. The smallest absolute Gasteiger partial charge is 0.266 e. The first kappa shape index (κ1) is 17.0. The van der Waals surface area contributed by atoms with Crippen molar-refractivity contribution in [2.75, 3.05) is 11.9 Å². The number of rotatable bonds is 4. The number of hydrogen-bond donors (Lipinski definition) is 1. The van der Waals surface area contributed by atoms with E-state index in [0.717, 1.165) is 28.9 Å². The lowest BCUT2D eigenvalue weighted by Crippen LogP contribution is -2.36. The Balaban J connectivity index is 1.69. The van der Waals surface area contributed by atoms with Crippen molar-refractivity contribution in [1.29, 1.82) is 0 Å². The number of thioether (sulfide) groups is 1. The van der Waals surface area contributed by atoms with Crippen LogP contribution in [0.4, 0.5) is 5.13 Å². The maximum atomic E-state index is 12.4. The van der Waals surface area contributed by atoms with E-state index in [4.69, 9.17) is 23.8 Å². The van der Waals surface area contributed by atoms with Crippen LogP contribution in [0.3, 0.4) is 0 Å². The van der Waals surface area contributed by atoms with Gasteiger partial charge in [-0.05, 0) is 29.0 Å². The van der Waals surface area contributed by atoms with Gasteiger partial charge in [-0.1, -0.05) is 57.3 Å². The summed E-state index contributed by atoms with van der Waals surface area (Å²) in [6.07, 6.45) is 1.71. The molecule has 1 fully saturated rings. The summed E-state index contributed by atoms with van der Waals surface area (Å²) in [4.78, 5) is 26.1. The van der Waals surface area contributed by atoms with Crippen molar-refractivity contribution in [3.8, 4) is 0 Å². The van der Waals surface area contributed by atoms with Gasteiger partial charge in [-0.2, -0.15) is 0 Å². The topological polar surface area (TPSA) is 88.1 Å².